The van der Waals surface area contributed by atoms with E-state index in [0.29, 0.717) is 0 Å². The molecule has 11 heteroatoms. The number of rotatable bonds is 18. The van der Waals surface area contributed by atoms with Crippen LogP contribution in [0.15, 0.2) is 12.2 Å². The first-order valence-electron chi connectivity index (χ1n) is 9.87. The Labute approximate surface area is 174 Å². The highest BCUT2D eigenvalue weighted by Gasteiger charge is 2.35. The third kappa shape index (κ3) is 12.0. The van der Waals surface area contributed by atoms with Gasteiger partial charge in [-0.3, -0.25) is 9.13 Å². The third-order valence-corrected chi connectivity index (χ3v) is 7.99. The predicted molar refractivity (Wildman–Crippen MR) is 112 cm³/mol. The van der Waals surface area contributed by atoms with Crippen molar-refractivity contribution in [1.82, 2.24) is 0 Å². The van der Waals surface area contributed by atoms with Gasteiger partial charge in [0.05, 0.1) is 64.1 Å². The molecule has 0 aliphatic rings. The van der Waals surface area contributed by atoms with E-state index in [1.807, 2.05) is 0 Å². The van der Waals surface area contributed by atoms with Crippen molar-refractivity contribution in [1.29, 1.82) is 0 Å². The minimum Gasteiger partial charge on any atom is -0.463 e. The van der Waals surface area contributed by atoms with Crippen LogP contribution in [0.25, 0.3) is 0 Å². The molecule has 0 N–H and O–H groups in total. The average Bonchev–Trinajstić information content (AvgIpc) is 2.62. The molecule has 0 aliphatic heterocycles. The van der Waals surface area contributed by atoms with Crippen LogP contribution in [0.3, 0.4) is 0 Å². The molecule has 0 aromatic rings. The lowest BCUT2D eigenvalue weighted by Gasteiger charge is -2.26. The molecule has 0 aromatic heterocycles. The topological polar surface area (TPSA) is 107 Å². The van der Waals surface area contributed by atoms with E-state index in [1.54, 1.807) is 34.6 Å². The summed E-state index contributed by atoms with van der Waals surface area (Å²) in [4.78, 5) is 11.6. The molecule has 0 heterocycles. The molecule has 172 valence electrons. The summed E-state index contributed by atoms with van der Waals surface area (Å²) in [5.41, 5.74) is 0.154. The summed E-state index contributed by atoms with van der Waals surface area (Å²) in [6, 6.07) is 0. The zero-order valence-corrected chi connectivity index (χ0v) is 20.0. The second-order valence-corrected chi connectivity index (χ2v) is 10.2. The fourth-order valence-electron chi connectivity index (χ4n) is 2.51. The fraction of sp³-hybridized carbons (Fsp3) is 0.833. The number of carbonyl (C=O) groups excluding carboxylic acids is 1. The van der Waals surface area contributed by atoms with Crippen LogP contribution >= 0.6 is 15.2 Å². The van der Waals surface area contributed by atoms with E-state index in [4.69, 9.17) is 27.6 Å². The van der Waals surface area contributed by atoms with Crippen LogP contribution in [0, 0.1) is 5.92 Å². The summed E-state index contributed by atoms with van der Waals surface area (Å²) in [5.74, 6) is -1.06. The standard InChI is InChI=1S/C18H36O9P2/c1-7-23-18(19)16(6)12-22-13-17(14-28(20,24-8-2)25-9-3)15-29(21,26-10-4)27-11-5/h17H,6-15H2,1-5H3. The van der Waals surface area contributed by atoms with Gasteiger partial charge in [0, 0.05) is 5.92 Å². The highest BCUT2D eigenvalue weighted by Crippen LogP contribution is 2.54. The molecular weight excluding hydrogens is 422 g/mol. The summed E-state index contributed by atoms with van der Waals surface area (Å²) in [6.45, 7) is 13.2. The Morgan fingerprint density at radius 1 is 0.793 bits per heavy atom. The monoisotopic (exact) mass is 458 g/mol. The lowest BCUT2D eigenvalue weighted by Crippen LogP contribution is -2.23. The summed E-state index contributed by atoms with van der Waals surface area (Å²) in [5, 5.41) is 0. The molecular formula is C18H36O9P2. The number of carbonyl (C=O) groups is 1. The maximum Gasteiger partial charge on any atom is 0.335 e. The molecule has 0 saturated heterocycles. The number of esters is 1. The van der Waals surface area contributed by atoms with Gasteiger partial charge in [0.2, 0.25) is 0 Å². The van der Waals surface area contributed by atoms with E-state index in [9.17, 15) is 13.9 Å². The Bertz CT molecular complexity index is 528. The maximum absolute atomic E-state index is 13.0. The largest absolute Gasteiger partial charge is 0.463 e. The van der Waals surface area contributed by atoms with Crippen LogP contribution in [-0.2, 0) is 41.5 Å². The van der Waals surface area contributed by atoms with Gasteiger partial charge < -0.3 is 27.6 Å². The van der Waals surface area contributed by atoms with Gasteiger partial charge in [0.25, 0.3) is 0 Å². The molecule has 0 fully saturated rings. The van der Waals surface area contributed by atoms with Crippen molar-refractivity contribution in [2.24, 2.45) is 5.92 Å². The minimum absolute atomic E-state index is 0.0231. The normalized spacial score (nSPS) is 12.3. The van der Waals surface area contributed by atoms with Gasteiger partial charge in [-0.25, -0.2) is 4.79 Å². The average molecular weight is 458 g/mol. The van der Waals surface area contributed by atoms with E-state index in [0.717, 1.165) is 0 Å². The molecule has 0 saturated carbocycles. The molecule has 0 unspecified atom stereocenters. The van der Waals surface area contributed by atoms with E-state index >= 15 is 0 Å². The van der Waals surface area contributed by atoms with Crippen molar-refractivity contribution >= 4 is 21.2 Å². The molecule has 0 aliphatic carbocycles. The minimum atomic E-state index is -3.42. The number of hydrogen-bond donors (Lipinski definition) is 0. The van der Waals surface area contributed by atoms with Crippen molar-refractivity contribution < 1.29 is 41.5 Å². The van der Waals surface area contributed by atoms with Gasteiger partial charge in [0.15, 0.2) is 0 Å². The molecule has 0 radical (unpaired) electrons. The molecule has 0 aromatic carbocycles. The van der Waals surface area contributed by atoms with Crippen LogP contribution < -0.4 is 0 Å². The molecule has 0 atom stereocenters. The molecule has 0 rings (SSSR count). The van der Waals surface area contributed by atoms with Crippen LogP contribution in [0.2, 0.25) is 0 Å². The Morgan fingerprint density at radius 3 is 1.55 bits per heavy atom. The first kappa shape index (κ1) is 28.5. The maximum atomic E-state index is 13.0. The Balaban J connectivity index is 5.26. The Kier molecular flexibility index (Phi) is 15.0. The van der Waals surface area contributed by atoms with Gasteiger partial charge in [-0.05, 0) is 34.6 Å². The second kappa shape index (κ2) is 15.3. The summed E-state index contributed by atoms with van der Waals surface area (Å²) >= 11 is 0. The lowest BCUT2D eigenvalue weighted by molar-refractivity contribution is -0.139. The van der Waals surface area contributed by atoms with E-state index in [1.165, 1.54) is 0 Å². The first-order chi connectivity index (χ1) is 13.7. The fourth-order valence-corrected chi connectivity index (χ4v) is 6.59. The smallest absolute Gasteiger partial charge is 0.335 e. The van der Waals surface area contributed by atoms with E-state index in [-0.39, 0.29) is 64.1 Å². The zero-order chi connectivity index (χ0) is 22.3. The second-order valence-electron chi connectivity index (χ2n) is 5.96. The van der Waals surface area contributed by atoms with E-state index < -0.39 is 27.1 Å². The van der Waals surface area contributed by atoms with Gasteiger partial charge in [-0.1, -0.05) is 6.58 Å². The molecule has 9 nitrogen and oxygen atoms in total. The third-order valence-electron chi connectivity index (χ3n) is 3.46. The highest BCUT2D eigenvalue weighted by molar-refractivity contribution is 7.55. The first-order valence-corrected chi connectivity index (χ1v) is 13.3. The van der Waals surface area contributed by atoms with Crippen LogP contribution in [-0.4, -0.2) is 64.5 Å². The lowest BCUT2D eigenvalue weighted by atomic mass is 10.2. The van der Waals surface area contributed by atoms with Crippen LogP contribution in [0.1, 0.15) is 34.6 Å². The van der Waals surface area contributed by atoms with Crippen LogP contribution in [0.5, 0.6) is 0 Å². The summed E-state index contributed by atoms with van der Waals surface area (Å²) in [6.07, 6.45) is -0.0462. The number of hydrogen-bond acceptors (Lipinski definition) is 9. The Morgan fingerprint density at radius 2 is 1.21 bits per heavy atom. The summed E-state index contributed by atoms with van der Waals surface area (Å²) < 4.78 is 57.7. The van der Waals surface area contributed by atoms with Gasteiger partial charge in [-0.2, -0.15) is 0 Å². The quantitative estimate of drug-likeness (QED) is 0.169. The summed E-state index contributed by atoms with van der Waals surface area (Å²) in [7, 11) is -6.84. The SMILES string of the molecule is C=C(COCC(CP(=O)(OCC)OCC)CP(=O)(OCC)OCC)C(=O)OCC. The molecule has 0 spiro atoms. The van der Waals surface area contributed by atoms with Crippen molar-refractivity contribution in [3.05, 3.63) is 12.2 Å². The van der Waals surface area contributed by atoms with Crippen molar-refractivity contribution in [2.75, 3.05) is 58.6 Å². The van der Waals surface area contributed by atoms with Gasteiger partial charge in [0.1, 0.15) is 0 Å². The number of ether oxygens (including phenoxy) is 2. The van der Waals surface area contributed by atoms with Gasteiger partial charge in [-0.15, -0.1) is 0 Å². The van der Waals surface area contributed by atoms with Crippen molar-refractivity contribution in [3.8, 4) is 0 Å². The molecule has 29 heavy (non-hydrogen) atoms. The van der Waals surface area contributed by atoms with E-state index in [2.05, 4.69) is 6.58 Å². The van der Waals surface area contributed by atoms with Crippen LogP contribution in [0.4, 0.5) is 0 Å². The van der Waals surface area contributed by atoms with Crippen molar-refractivity contribution in [3.63, 3.8) is 0 Å². The van der Waals surface area contributed by atoms with Crippen molar-refractivity contribution in [2.45, 2.75) is 34.6 Å². The Hall–Kier alpha value is -0.530. The molecule has 0 bridgehead atoms. The zero-order valence-electron chi connectivity index (χ0n) is 18.2. The highest BCUT2D eigenvalue weighted by atomic mass is 31.2. The van der Waals surface area contributed by atoms with Gasteiger partial charge >= 0.3 is 21.2 Å². The molecule has 0 amide bonds. The predicted octanol–water partition coefficient (Wildman–Crippen LogP) is 4.27.